The fraction of sp³-hybridized carbons (Fsp3) is 0.471. The fourth-order valence-electron chi connectivity index (χ4n) is 2.37. The van der Waals surface area contributed by atoms with E-state index in [9.17, 15) is 89.0 Å². The molecular weight excluding hydrogens is 623 g/mol. The minimum absolute atomic E-state index is 0.108. The van der Waals surface area contributed by atoms with Crippen LogP contribution in [0, 0.1) is 0 Å². The number of aromatic carboxylic acids is 2. The van der Waals surface area contributed by atoms with E-state index < -0.39 is 82.4 Å². The number of hydrogen-bond donors (Lipinski definition) is 2. The maximum Gasteiger partial charge on any atom is 0.460 e. The van der Waals surface area contributed by atoms with Gasteiger partial charge in [0.2, 0.25) is 0 Å². The van der Waals surface area contributed by atoms with Crippen LogP contribution in [0.3, 0.4) is 0 Å². The standard InChI is InChI=1S/C17H5F17O6/c18-10(19,9(39)40-6-3-4(7(35)36)1-2-5(6)8(37)38)11(20,21)12(22,23)13(24,25)14(26,27)15(28,29)16(30,31)17(32,33)34/h1-3H,(H,35,36)(H,37,38). The van der Waals surface area contributed by atoms with Gasteiger partial charge < -0.3 is 14.9 Å². The highest BCUT2D eigenvalue weighted by Gasteiger charge is 2.96. The van der Waals surface area contributed by atoms with Crippen molar-refractivity contribution in [1.82, 2.24) is 0 Å². The Labute approximate surface area is 205 Å². The third kappa shape index (κ3) is 4.71. The lowest BCUT2D eigenvalue weighted by atomic mass is 9.89. The molecule has 40 heavy (non-hydrogen) atoms. The van der Waals surface area contributed by atoms with Gasteiger partial charge in [0, 0.05) is 0 Å². The van der Waals surface area contributed by atoms with Gasteiger partial charge in [-0.15, -0.1) is 0 Å². The van der Waals surface area contributed by atoms with Crippen molar-refractivity contribution in [3.8, 4) is 5.75 Å². The number of benzene rings is 1. The van der Waals surface area contributed by atoms with Crippen LogP contribution in [0.4, 0.5) is 74.6 Å². The summed E-state index contributed by atoms with van der Waals surface area (Å²) in [7, 11) is 0. The van der Waals surface area contributed by atoms with Crippen LogP contribution in [0.25, 0.3) is 0 Å². The number of carboxylic acid groups (broad SMARTS) is 2. The van der Waals surface area contributed by atoms with Crippen LogP contribution in [0.1, 0.15) is 20.7 Å². The first kappa shape index (κ1) is 34.5. The van der Waals surface area contributed by atoms with Crippen LogP contribution >= 0.6 is 0 Å². The number of halogens is 17. The number of esters is 1. The molecule has 0 aliphatic heterocycles. The Balaban J connectivity index is 3.70. The summed E-state index contributed by atoms with van der Waals surface area (Å²) in [5, 5.41) is 17.5. The molecule has 2 N–H and O–H groups in total. The first-order chi connectivity index (χ1) is 17.4. The molecule has 0 saturated heterocycles. The number of carbonyl (C=O) groups is 3. The Kier molecular flexibility index (Phi) is 8.21. The number of hydrogen-bond acceptors (Lipinski definition) is 4. The summed E-state index contributed by atoms with van der Waals surface area (Å²) in [6, 6.07) is 0.221. The normalized spacial score (nSPS) is 14.6. The average molecular weight is 628 g/mol. The van der Waals surface area contributed by atoms with Crippen molar-refractivity contribution in [3.05, 3.63) is 29.3 Å². The van der Waals surface area contributed by atoms with Crippen LogP contribution in [0.15, 0.2) is 18.2 Å². The first-order valence-corrected chi connectivity index (χ1v) is 8.92. The molecule has 1 aromatic carbocycles. The van der Waals surface area contributed by atoms with Gasteiger partial charge in [-0.25, -0.2) is 14.4 Å². The fourth-order valence-corrected chi connectivity index (χ4v) is 2.37. The zero-order valence-electron chi connectivity index (χ0n) is 17.7. The second-order valence-electron chi connectivity index (χ2n) is 7.23. The predicted octanol–water partition coefficient (Wildman–Crippen LogP) is 6.00. The summed E-state index contributed by atoms with van der Waals surface area (Å²) in [4.78, 5) is 33.3. The molecule has 1 aromatic rings. The minimum Gasteiger partial charge on any atom is -0.478 e. The Morgan fingerprint density at radius 1 is 0.550 bits per heavy atom. The summed E-state index contributed by atoms with van der Waals surface area (Å²) < 4.78 is 229. The minimum atomic E-state index is -8.94. The van der Waals surface area contributed by atoms with E-state index >= 15 is 0 Å². The van der Waals surface area contributed by atoms with Crippen molar-refractivity contribution in [2.45, 2.75) is 47.6 Å². The quantitative estimate of drug-likeness (QED) is 0.188. The molecule has 0 bridgehead atoms. The molecule has 0 fully saturated rings. The van der Waals surface area contributed by atoms with Crippen LogP contribution in [-0.2, 0) is 4.79 Å². The highest BCUT2D eigenvalue weighted by atomic mass is 19.4. The van der Waals surface area contributed by atoms with Gasteiger partial charge in [0.25, 0.3) is 0 Å². The summed E-state index contributed by atoms with van der Waals surface area (Å²) in [6.07, 6.45) is -7.94. The molecule has 0 unspecified atom stereocenters. The molecule has 0 amide bonds. The van der Waals surface area contributed by atoms with Crippen molar-refractivity contribution in [2.75, 3.05) is 0 Å². The summed E-state index contributed by atoms with van der Waals surface area (Å²) >= 11 is 0. The largest absolute Gasteiger partial charge is 0.478 e. The molecule has 0 aliphatic carbocycles. The second-order valence-corrected chi connectivity index (χ2v) is 7.23. The predicted molar refractivity (Wildman–Crippen MR) is 86.7 cm³/mol. The van der Waals surface area contributed by atoms with E-state index in [1.54, 1.807) is 0 Å². The molecule has 1 rings (SSSR count). The van der Waals surface area contributed by atoms with E-state index in [4.69, 9.17) is 10.2 Å². The second kappa shape index (κ2) is 9.52. The summed E-state index contributed by atoms with van der Waals surface area (Å²) in [5.74, 6) is -70.5. The molecule has 228 valence electrons. The summed E-state index contributed by atoms with van der Waals surface area (Å²) in [5.41, 5.74) is -2.79. The zero-order chi connectivity index (χ0) is 32.3. The zero-order valence-corrected chi connectivity index (χ0v) is 17.7. The number of rotatable bonds is 10. The van der Waals surface area contributed by atoms with E-state index in [0.717, 1.165) is 0 Å². The number of ether oxygens (including phenoxy) is 1. The van der Waals surface area contributed by atoms with Crippen molar-refractivity contribution in [1.29, 1.82) is 0 Å². The van der Waals surface area contributed by atoms with Crippen LogP contribution < -0.4 is 4.74 Å². The topological polar surface area (TPSA) is 101 Å². The van der Waals surface area contributed by atoms with E-state index in [-0.39, 0.29) is 12.1 Å². The van der Waals surface area contributed by atoms with Crippen LogP contribution in [0.5, 0.6) is 5.75 Å². The van der Waals surface area contributed by atoms with Crippen molar-refractivity contribution >= 4 is 17.9 Å². The van der Waals surface area contributed by atoms with Crippen molar-refractivity contribution in [2.24, 2.45) is 0 Å². The molecule has 0 aromatic heterocycles. The molecule has 0 atom stereocenters. The van der Waals surface area contributed by atoms with Crippen molar-refractivity contribution in [3.63, 3.8) is 0 Å². The number of carboxylic acids is 2. The third-order valence-corrected chi connectivity index (χ3v) is 4.64. The van der Waals surface area contributed by atoms with Gasteiger partial charge in [0.1, 0.15) is 11.3 Å². The molecule has 0 spiro atoms. The highest BCUT2D eigenvalue weighted by Crippen LogP contribution is 2.64. The third-order valence-electron chi connectivity index (χ3n) is 4.64. The van der Waals surface area contributed by atoms with Gasteiger partial charge in [-0.1, -0.05) is 0 Å². The van der Waals surface area contributed by atoms with Gasteiger partial charge in [-0.2, -0.15) is 74.6 Å². The smallest absolute Gasteiger partial charge is 0.460 e. The lowest BCUT2D eigenvalue weighted by molar-refractivity contribution is -0.459. The Bertz CT molecular complexity index is 1190. The lowest BCUT2D eigenvalue weighted by Crippen LogP contribution is -2.75. The molecule has 0 saturated carbocycles. The van der Waals surface area contributed by atoms with E-state index in [1.165, 1.54) is 0 Å². The molecule has 23 heteroatoms. The highest BCUT2D eigenvalue weighted by molar-refractivity contribution is 5.96. The van der Waals surface area contributed by atoms with E-state index in [0.29, 0.717) is 6.07 Å². The van der Waals surface area contributed by atoms with Crippen LogP contribution in [0.2, 0.25) is 0 Å². The Morgan fingerprint density at radius 2 is 0.925 bits per heavy atom. The Hall–Kier alpha value is -3.56. The van der Waals surface area contributed by atoms with Crippen LogP contribution in [-0.4, -0.2) is 75.8 Å². The molecule has 0 aliphatic rings. The van der Waals surface area contributed by atoms with Gasteiger partial charge in [-0.3, -0.25) is 0 Å². The van der Waals surface area contributed by atoms with E-state index in [2.05, 4.69) is 4.74 Å². The summed E-state index contributed by atoms with van der Waals surface area (Å²) in [6.45, 7) is 0. The number of alkyl halides is 17. The van der Waals surface area contributed by atoms with E-state index in [1.807, 2.05) is 0 Å². The maximum atomic E-state index is 13.9. The Morgan fingerprint density at radius 3 is 1.27 bits per heavy atom. The number of carbonyl (C=O) groups excluding carboxylic acids is 1. The molecule has 0 radical (unpaired) electrons. The monoisotopic (exact) mass is 628 g/mol. The SMILES string of the molecule is O=C(O)c1ccc(C(=O)O)c(OC(=O)C(F)(F)C(F)(F)C(F)(F)C(F)(F)C(F)(F)C(F)(F)C(F)(F)C(F)(F)F)c1. The van der Waals surface area contributed by atoms with Gasteiger partial charge in [0.05, 0.1) is 5.56 Å². The van der Waals surface area contributed by atoms with Gasteiger partial charge in [0.15, 0.2) is 0 Å². The maximum absolute atomic E-state index is 13.9. The molecule has 0 heterocycles. The first-order valence-electron chi connectivity index (χ1n) is 8.92. The van der Waals surface area contributed by atoms with Gasteiger partial charge >= 0.3 is 65.5 Å². The average Bonchev–Trinajstić information content (AvgIpc) is 2.76. The lowest BCUT2D eigenvalue weighted by Gasteiger charge is -2.42. The van der Waals surface area contributed by atoms with Gasteiger partial charge in [-0.05, 0) is 18.2 Å². The molecule has 6 nitrogen and oxygen atoms in total. The van der Waals surface area contributed by atoms with Crippen molar-refractivity contribution < 1.29 is 104 Å². The molecular formula is C17H5F17O6.